The van der Waals surface area contributed by atoms with Gasteiger partial charge in [-0.3, -0.25) is 14.4 Å². The van der Waals surface area contributed by atoms with Crippen molar-refractivity contribution in [1.29, 1.82) is 0 Å². The number of hydrogen-bond donors (Lipinski definition) is 2. The summed E-state index contributed by atoms with van der Waals surface area (Å²) >= 11 is 0. The van der Waals surface area contributed by atoms with Crippen LogP contribution in [0.4, 0.5) is 0 Å². The lowest BCUT2D eigenvalue weighted by atomic mass is 9.82. The molecule has 2 aliphatic rings. The first-order valence-electron chi connectivity index (χ1n) is 14.8. The zero-order chi connectivity index (χ0) is 28.8. The number of piperidine rings is 1. The standard InChI is InChI=1S/C31H45N5O4/c1-20(2)19-36(30(38)25-7-5-6-21(3)14-25)26-12-13-35(31(39)27-15-22(4)40-34-27)28(16-26)29(37)33-18-24-10-8-23(17-32)9-11-24/h5-7,14-15,20,23-24,26,28H,8-13,16-19,32H2,1-4H3,(H,33,37)/t23?,24?,26?,28-/m1/s1. The maximum Gasteiger partial charge on any atom is 0.276 e. The quantitative estimate of drug-likeness (QED) is 0.487. The molecule has 1 saturated heterocycles. The normalized spacial score (nSPS) is 23.2. The van der Waals surface area contributed by atoms with Crippen molar-refractivity contribution in [2.24, 2.45) is 23.5 Å². The first-order chi connectivity index (χ1) is 19.2. The Morgan fingerprint density at radius 1 is 1.10 bits per heavy atom. The lowest BCUT2D eigenvalue weighted by molar-refractivity contribution is -0.127. The SMILES string of the molecule is Cc1cccc(C(=O)N(CC(C)C)C2CCN(C(=O)c3cc(C)on3)[C@@H](C(=O)NCC3CCC(CN)CC3)C2)c1. The number of amides is 3. The van der Waals surface area contributed by atoms with Crippen molar-refractivity contribution < 1.29 is 18.9 Å². The Kier molecular flexibility index (Phi) is 10.0. The Morgan fingerprint density at radius 3 is 2.45 bits per heavy atom. The third-order valence-corrected chi connectivity index (χ3v) is 8.38. The summed E-state index contributed by atoms with van der Waals surface area (Å²) < 4.78 is 5.15. The van der Waals surface area contributed by atoms with E-state index in [0.29, 0.717) is 55.6 Å². The summed E-state index contributed by atoms with van der Waals surface area (Å²) in [6.45, 7) is 10.1. The number of likely N-dealkylation sites (tertiary alicyclic amines) is 1. The minimum Gasteiger partial charge on any atom is -0.361 e. The highest BCUT2D eigenvalue weighted by molar-refractivity contribution is 5.97. The molecule has 9 heteroatoms. The molecule has 1 saturated carbocycles. The molecular formula is C31H45N5O4. The van der Waals surface area contributed by atoms with Gasteiger partial charge < -0.3 is 25.4 Å². The minimum atomic E-state index is -0.705. The minimum absolute atomic E-state index is 0.0369. The molecule has 0 bridgehead atoms. The van der Waals surface area contributed by atoms with Gasteiger partial charge in [0.15, 0.2) is 5.69 Å². The molecule has 9 nitrogen and oxygen atoms in total. The van der Waals surface area contributed by atoms with E-state index in [-0.39, 0.29) is 35.4 Å². The van der Waals surface area contributed by atoms with E-state index in [4.69, 9.17) is 10.3 Å². The average Bonchev–Trinajstić information content (AvgIpc) is 3.40. The van der Waals surface area contributed by atoms with Crippen LogP contribution in [0.1, 0.15) is 84.5 Å². The Hall–Kier alpha value is -3.20. The molecule has 0 radical (unpaired) electrons. The van der Waals surface area contributed by atoms with Gasteiger partial charge in [0, 0.05) is 37.3 Å². The Bertz CT molecular complexity index is 1170. The van der Waals surface area contributed by atoms with Crippen LogP contribution < -0.4 is 11.1 Å². The predicted molar refractivity (Wildman–Crippen MR) is 154 cm³/mol. The molecule has 1 aliphatic heterocycles. The molecule has 40 heavy (non-hydrogen) atoms. The third-order valence-electron chi connectivity index (χ3n) is 8.38. The first kappa shape index (κ1) is 29.8. The van der Waals surface area contributed by atoms with E-state index in [1.165, 1.54) is 0 Å². The van der Waals surface area contributed by atoms with Gasteiger partial charge >= 0.3 is 0 Å². The summed E-state index contributed by atoms with van der Waals surface area (Å²) in [4.78, 5) is 44.5. The summed E-state index contributed by atoms with van der Waals surface area (Å²) in [6.07, 6.45) is 5.22. The Balaban J connectivity index is 1.53. The molecule has 3 N–H and O–H groups in total. The van der Waals surface area contributed by atoms with E-state index in [2.05, 4.69) is 24.3 Å². The van der Waals surface area contributed by atoms with Crippen molar-refractivity contribution >= 4 is 17.7 Å². The number of aromatic nitrogens is 1. The van der Waals surface area contributed by atoms with Crippen LogP contribution >= 0.6 is 0 Å². The monoisotopic (exact) mass is 551 g/mol. The highest BCUT2D eigenvalue weighted by atomic mass is 16.5. The van der Waals surface area contributed by atoms with Crippen molar-refractivity contribution in [2.75, 3.05) is 26.2 Å². The Labute approximate surface area is 237 Å². The van der Waals surface area contributed by atoms with Crippen LogP contribution in [0.15, 0.2) is 34.9 Å². The number of aryl methyl sites for hydroxylation is 2. The van der Waals surface area contributed by atoms with Crippen molar-refractivity contribution in [3.63, 3.8) is 0 Å². The van der Waals surface area contributed by atoms with Gasteiger partial charge in [-0.2, -0.15) is 0 Å². The third kappa shape index (κ3) is 7.30. The van der Waals surface area contributed by atoms with E-state index in [1.54, 1.807) is 17.9 Å². The van der Waals surface area contributed by atoms with Crippen LogP contribution in [0, 0.1) is 31.6 Å². The van der Waals surface area contributed by atoms with Gasteiger partial charge in [0.05, 0.1) is 0 Å². The predicted octanol–water partition coefficient (Wildman–Crippen LogP) is 3.94. The zero-order valence-corrected chi connectivity index (χ0v) is 24.4. The molecule has 2 fully saturated rings. The van der Waals surface area contributed by atoms with E-state index in [0.717, 1.165) is 37.8 Å². The number of nitrogens with two attached hydrogens (primary N) is 1. The maximum absolute atomic E-state index is 13.7. The summed E-state index contributed by atoms with van der Waals surface area (Å²) in [5.41, 5.74) is 7.71. The Morgan fingerprint density at radius 2 is 1.82 bits per heavy atom. The van der Waals surface area contributed by atoms with E-state index in [1.807, 2.05) is 36.1 Å². The first-order valence-corrected chi connectivity index (χ1v) is 14.8. The molecule has 1 aliphatic carbocycles. The fraction of sp³-hybridized carbons (Fsp3) is 0.613. The molecule has 2 heterocycles. The molecule has 4 rings (SSSR count). The van der Waals surface area contributed by atoms with E-state index < -0.39 is 6.04 Å². The van der Waals surface area contributed by atoms with Crippen LogP contribution in [0.5, 0.6) is 0 Å². The smallest absolute Gasteiger partial charge is 0.276 e. The maximum atomic E-state index is 13.7. The van der Waals surface area contributed by atoms with Gasteiger partial charge in [-0.25, -0.2) is 0 Å². The van der Waals surface area contributed by atoms with E-state index >= 15 is 0 Å². The lowest BCUT2D eigenvalue weighted by Crippen LogP contribution is -2.58. The number of carbonyl (C=O) groups excluding carboxylic acids is 3. The van der Waals surface area contributed by atoms with Crippen LogP contribution in [0.25, 0.3) is 0 Å². The molecule has 1 aromatic carbocycles. The topological polar surface area (TPSA) is 122 Å². The van der Waals surface area contributed by atoms with Gasteiger partial charge in [-0.15, -0.1) is 0 Å². The summed E-state index contributed by atoms with van der Waals surface area (Å²) in [5, 5.41) is 7.07. The number of rotatable bonds is 9. The average molecular weight is 552 g/mol. The molecule has 1 aromatic heterocycles. The van der Waals surface area contributed by atoms with Crippen LogP contribution in [0.2, 0.25) is 0 Å². The van der Waals surface area contributed by atoms with Gasteiger partial charge in [0.25, 0.3) is 11.8 Å². The van der Waals surface area contributed by atoms with E-state index in [9.17, 15) is 14.4 Å². The van der Waals surface area contributed by atoms with Gasteiger partial charge in [0.2, 0.25) is 5.91 Å². The lowest BCUT2D eigenvalue weighted by Gasteiger charge is -2.43. The summed E-state index contributed by atoms with van der Waals surface area (Å²) in [6, 6.07) is 8.35. The fourth-order valence-electron chi connectivity index (χ4n) is 6.10. The van der Waals surface area contributed by atoms with Crippen LogP contribution in [-0.2, 0) is 4.79 Å². The molecule has 0 spiro atoms. The van der Waals surface area contributed by atoms with Gasteiger partial charge in [-0.05, 0) is 88.8 Å². The van der Waals surface area contributed by atoms with Gasteiger partial charge in [-0.1, -0.05) is 36.7 Å². The molecule has 3 amide bonds. The number of hydrogen-bond acceptors (Lipinski definition) is 6. The number of nitrogens with one attached hydrogen (secondary N) is 1. The van der Waals surface area contributed by atoms with Crippen molar-refractivity contribution in [3.05, 3.63) is 52.9 Å². The van der Waals surface area contributed by atoms with Crippen LogP contribution in [0.3, 0.4) is 0 Å². The second-order valence-electron chi connectivity index (χ2n) is 12.1. The highest BCUT2D eigenvalue weighted by Gasteiger charge is 2.41. The van der Waals surface area contributed by atoms with Crippen molar-refractivity contribution in [1.82, 2.24) is 20.3 Å². The second kappa shape index (κ2) is 13.4. The number of nitrogens with zero attached hydrogens (tertiary/aromatic N) is 3. The largest absolute Gasteiger partial charge is 0.361 e. The van der Waals surface area contributed by atoms with Crippen LogP contribution in [-0.4, -0.2) is 70.9 Å². The number of carbonyl (C=O) groups is 3. The number of benzene rings is 1. The van der Waals surface area contributed by atoms with Crippen molar-refractivity contribution in [3.8, 4) is 0 Å². The zero-order valence-electron chi connectivity index (χ0n) is 24.4. The van der Waals surface area contributed by atoms with Gasteiger partial charge in [0.1, 0.15) is 11.8 Å². The summed E-state index contributed by atoms with van der Waals surface area (Å²) in [7, 11) is 0. The molecular weight excluding hydrogens is 506 g/mol. The summed E-state index contributed by atoms with van der Waals surface area (Å²) in [5.74, 6) is 1.24. The molecule has 2 atom stereocenters. The fourth-order valence-corrected chi connectivity index (χ4v) is 6.10. The highest BCUT2D eigenvalue weighted by Crippen LogP contribution is 2.29. The van der Waals surface area contributed by atoms with Crippen molar-refractivity contribution in [2.45, 2.75) is 78.3 Å². The molecule has 218 valence electrons. The molecule has 2 aromatic rings. The second-order valence-corrected chi connectivity index (χ2v) is 12.1. The molecule has 1 unspecified atom stereocenters.